The molecule has 2 unspecified atom stereocenters. The second-order valence-electron chi connectivity index (χ2n) is 7.09. The molecule has 2 rings (SSSR count). The van der Waals surface area contributed by atoms with Crippen molar-refractivity contribution in [3.8, 4) is 0 Å². The van der Waals surface area contributed by atoms with E-state index in [1.807, 2.05) is 12.3 Å². The van der Waals surface area contributed by atoms with Gasteiger partial charge in [-0.1, -0.05) is 47.6 Å². The molecule has 94 valence electrons. The fourth-order valence-electron chi connectivity index (χ4n) is 2.72. The first-order valence-electron chi connectivity index (χ1n) is 6.43. The Bertz CT molecular complexity index is 400. The summed E-state index contributed by atoms with van der Waals surface area (Å²) in [6, 6.07) is 0.637. The molecule has 2 heterocycles. The Kier molecular flexibility index (Phi) is 2.72. The number of nitrogens with one attached hydrogen (secondary N) is 1. The van der Waals surface area contributed by atoms with Crippen LogP contribution in [0.15, 0.2) is 28.4 Å². The third-order valence-electron chi connectivity index (χ3n) is 3.43. The van der Waals surface area contributed by atoms with Gasteiger partial charge < -0.3 is 5.32 Å². The van der Waals surface area contributed by atoms with Crippen molar-refractivity contribution in [3.05, 3.63) is 23.4 Å². The van der Waals surface area contributed by atoms with E-state index in [-0.39, 0.29) is 16.9 Å². The summed E-state index contributed by atoms with van der Waals surface area (Å²) in [5.74, 6) is 0. The normalized spacial score (nSPS) is 28.4. The number of hydrogen-bond acceptors (Lipinski definition) is 2. The molecule has 0 aromatic carbocycles. The number of aliphatic imine (C=N–C) groups is 1. The highest BCUT2D eigenvalue weighted by molar-refractivity contribution is 5.73. The minimum absolute atomic E-state index is 0.156. The Morgan fingerprint density at radius 3 is 2.24 bits per heavy atom. The molecule has 0 aliphatic carbocycles. The van der Waals surface area contributed by atoms with Gasteiger partial charge in [0.25, 0.3) is 0 Å². The molecule has 2 nitrogen and oxygen atoms in total. The van der Waals surface area contributed by atoms with Crippen molar-refractivity contribution in [2.45, 2.75) is 53.6 Å². The molecule has 0 aromatic heterocycles. The zero-order chi connectivity index (χ0) is 12.8. The topological polar surface area (TPSA) is 24.4 Å². The van der Waals surface area contributed by atoms with E-state index in [0.29, 0.717) is 6.04 Å². The summed E-state index contributed by atoms with van der Waals surface area (Å²) in [6.45, 7) is 13.7. The second-order valence-corrected chi connectivity index (χ2v) is 7.09. The lowest BCUT2D eigenvalue weighted by Crippen LogP contribution is -2.33. The van der Waals surface area contributed by atoms with Crippen molar-refractivity contribution in [1.82, 2.24) is 5.32 Å². The second kappa shape index (κ2) is 3.72. The molecule has 0 saturated carbocycles. The predicted molar refractivity (Wildman–Crippen MR) is 74.3 cm³/mol. The van der Waals surface area contributed by atoms with Crippen LogP contribution in [0.25, 0.3) is 0 Å². The van der Waals surface area contributed by atoms with Gasteiger partial charge in [0.15, 0.2) is 0 Å². The van der Waals surface area contributed by atoms with Crippen molar-refractivity contribution in [2.24, 2.45) is 15.8 Å². The molecule has 2 heteroatoms. The van der Waals surface area contributed by atoms with Crippen LogP contribution in [0.4, 0.5) is 0 Å². The number of nitrogens with zero attached hydrogens (tertiary/aromatic N) is 1. The van der Waals surface area contributed by atoms with Crippen LogP contribution in [0.3, 0.4) is 0 Å². The number of fused-ring (bicyclic) bond motifs is 1. The molecule has 2 aliphatic rings. The molecule has 0 aromatic rings. The van der Waals surface area contributed by atoms with Gasteiger partial charge in [0.05, 0.1) is 12.1 Å². The molecule has 0 bridgehead atoms. The van der Waals surface area contributed by atoms with Crippen LogP contribution >= 0.6 is 0 Å². The first-order valence-corrected chi connectivity index (χ1v) is 6.43. The van der Waals surface area contributed by atoms with E-state index in [0.717, 1.165) is 0 Å². The maximum absolute atomic E-state index is 4.67. The van der Waals surface area contributed by atoms with Gasteiger partial charge in [0, 0.05) is 17.3 Å². The van der Waals surface area contributed by atoms with E-state index in [9.17, 15) is 0 Å². The Hall–Kier alpha value is -1.05. The highest BCUT2D eigenvalue weighted by Crippen LogP contribution is 2.43. The highest BCUT2D eigenvalue weighted by Gasteiger charge is 2.42. The maximum Gasteiger partial charge on any atom is 0.0970 e. The van der Waals surface area contributed by atoms with Gasteiger partial charge in [-0.05, 0) is 17.1 Å². The summed E-state index contributed by atoms with van der Waals surface area (Å²) in [5, 5.41) is 3.67. The van der Waals surface area contributed by atoms with Gasteiger partial charge in [0.1, 0.15) is 0 Å². The van der Waals surface area contributed by atoms with E-state index >= 15 is 0 Å². The molecular weight excluding hydrogens is 208 g/mol. The van der Waals surface area contributed by atoms with E-state index in [4.69, 9.17) is 0 Å². The summed E-state index contributed by atoms with van der Waals surface area (Å²) in [5.41, 5.74) is 3.17. The number of allylic oxidation sites excluding steroid dienone is 2. The van der Waals surface area contributed by atoms with Gasteiger partial charge in [-0.15, -0.1) is 0 Å². The fraction of sp³-hybridized carbons (Fsp3) is 0.667. The summed E-state index contributed by atoms with van der Waals surface area (Å²) in [7, 11) is 0. The van der Waals surface area contributed by atoms with Crippen LogP contribution in [0.1, 0.15) is 41.5 Å². The molecule has 0 spiro atoms. The smallest absolute Gasteiger partial charge is 0.0970 e. The molecular formula is C15H24N2. The van der Waals surface area contributed by atoms with Gasteiger partial charge >= 0.3 is 0 Å². The van der Waals surface area contributed by atoms with E-state index in [2.05, 4.69) is 57.9 Å². The zero-order valence-corrected chi connectivity index (χ0v) is 11.8. The van der Waals surface area contributed by atoms with Crippen LogP contribution in [0, 0.1) is 10.8 Å². The number of dihydropyridines is 1. The molecule has 0 fully saturated rings. The molecule has 0 amide bonds. The average Bonchev–Trinajstić information content (AvgIpc) is 2.54. The zero-order valence-electron chi connectivity index (χ0n) is 11.8. The Balaban J connectivity index is 2.50. The van der Waals surface area contributed by atoms with Crippen LogP contribution in [0.2, 0.25) is 0 Å². The lowest BCUT2D eigenvalue weighted by atomic mass is 9.76. The Labute approximate surface area is 105 Å². The molecule has 1 N–H and O–H groups in total. The summed E-state index contributed by atoms with van der Waals surface area (Å²) >= 11 is 0. The first-order chi connectivity index (χ1) is 7.71. The Morgan fingerprint density at radius 2 is 1.71 bits per heavy atom. The van der Waals surface area contributed by atoms with Gasteiger partial charge in [-0.3, -0.25) is 4.99 Å². The summed E-state index contributed by atoms with van der Waals surface area (Å²) in [6.07, 6.45) is 6.20. The third-order valence-corrected chi connectivity index (χ3v) is 3.43. The van der Waals surface area contributed by atoms with Crippen LogP contribution in [0.5, 0.6) is 0 Å². The maximum atomic E-state index is 4.67. The van der Waals surface area contributed by atoms with Gasteiger partial charge in [-0.25, -0.2) is 0 Å². The number of rotatable bonds is 0. The lowest BCUT2D eigenvalue weighted by Gasteiger charge is -2.30. The summed E-state index contributed by atoms with van der Waals surface area (Å²) < 4.78 is 0. The van der Waals surface area contributed by atoms with Crippen molar-refractivity contribution in [2.75, 3.05) is 0 Å². The highest BCUT2D eigenvalue weighted by atomic mass is 15.1. The minimum atomic E-state index is 0.156. The first kappa shape index (κ1) is 12.4. The third kappa shape index (κ3) is 2.18. The quantitative estimate of drug-likeness (QED) is 0.681. The molecule has 2 atom stereocenters. The van der Waals surface area contributed by atoms with Crippen molar-refractivity contribution < 1.29 is 0 Å². The van der Waals surface area contributed by atoms with Crippen molar-refractivity contribution >= 4 is 6.21 Å². The van der Waals surface area contributed by atoms with Gasteiger partial charge in [0.2, 0.25) is 0 Å². The molecule has 0 saturated heterocycles. The van der Waals surface area contributed by atoms with E-state index in [1.165, 1.54) is 11.3 Å². The molecule has 17 heavy (non-hydrogen) atoms. The molecule has 0 radical (unpaired) electrons. The van der Waals surface area contributed by atoms with E-state index < -0.39 is 0 Å². The average molecular weight is 232 g/mol. The number of hydrogen-bond donors (Lipinski definition) is 1. The monoisotopic (exact) mass is 232 g/mol. The van der Waals surface area contributed by atoms with Crippen LogP contribution in [-0.4, -0.2) is 18.3 Å². The van der Waals surface area contributed by atoms with Crippen molar-refractivity contribution in [1.29, 1.82) is 0 Å². The fourth-order valence-corrected chi connectivity index (χ4v) is 2.72. The predicted octanol–water partition coefficient (Wildman–Crippen LogP) is 3.31. The molecule has 2 aliphatic heterocycles. The van der Waals surface area contributed by atoms with Crippen LogP contribution < -0.4 is 5.32 Å². The Morgan fingerprint density at radius 1 is 1.06 bits per heavy atom. The van der Waals surface area contributed by atoms with Gasteiger partial charge in [-0.2, -0.15) is 0 Å². The van der Waals surface area contributed by atoms with Crippen LogP contribution in [-0.2, 0) is 0 Å². The standard InChI is InChI=1S/C15H24N2/c1-14(2,3)11-12-10(8-7-9-16-12)17-13(11)15(4,5)6/h7-10,12,17H,1-6H3. The summed E-state index contributed by atoms with van der Waals surface area (Å²) in [4.78, 5) is 4.67. The van der Waals surface area contributed by atoms with Crippen molar-refractivity contribution in [3.63, 3.8) is 0 Å². The minimum Gasteiger partial charge on any atom is -0.379 e. The largest absolute Gasteiger partial charge is 0.379 e. The SMILES string of the molecule is CC(C)(C)C1=C(C(C)(C)C)C2N=CC=CC2N1. The van der Waals surface area contributed by atoms with E-state index in [1.54, 1.807) is 0 Å². The lowest BCUT2D eigenvalue weighted by molar-refractivity contribution is 0.432.